The lowest BCUT2D eigenvalue weighted by Gasteiger charge is -2.24. The maximum absolute atomic E-state index is 12.9. The molecule has 0 aliphatic carbocycles. The monoisotopic (exact) mass is 325 g/mol. The molecule has 2 aliphatic rings. The molecule has 0 aromatic heterocycles. The standard InChI is InChI=1S/C16H23NO4S/c18-22(19,17-9-4-2-1-3-5-10-17)14-7-8-15-16(13-14)21-12-6-11-20-15/h7-8,13H,1-6,9-12H2. The van der Waals surface area contributed by atoms with Crippen molar-refractivity contribution < 1.29 is 17.9 Å². The van der Waals surface area contributed by atoms with E-state index in [1.165, 1.54) is 6.42 Å². The van der Waals surface area contributed by atoms with Gasteiger partial charge in [-0.05, 0) is 25.0 Å². The van der Waals surface area contributed by atoms with E-state index in [9.17, 15) is 8.42 Å². The van der Waals surface area contributed by atoms with Crippen LogP contribution in [0.3, 0.4) is 0 Å². The minimum atomic E-state index is -3.45. The van der Waals surface area contributed by atoms with Crippen molar-refractivity contribution in [1.82, 2.24) is 4.31 Å². The predicted octanol–water partition coefficient (Wildman–Crippen LogP) is 2.80. The summed E-state index contributed by atoms with van der Waals surface area (Å²) < 4.78 is 38.5. The van der Waals surface area contributed by atoms with Gasteiger partial charge in [-0.25, -0.2) is 8.42 Å². The van der Waals surface area contributed by atoms with Gasteiger partial charge >= 0.3 is 0 Å². The molecular formula is C16H23NO4S. The van der Waals surface area contributed by atoms with E-state index in [0.717, 1.165) is 32.1 Å². The van der Waals surface area contributed by atoms with Gasteiger partial charge in [0.15, 0.2) is 11.5 Å². The van der Waals surface area contributed by atoms with Crippen LogP contribution < -0.4 is 9.47 Å². The first-order chi connectivity index (χ1) is 10.7. The van der Waals surface area contributed by atoms with Crippen LogP contribution in [-0.4, -0.2) is 39.0 Å². The molecule has 0 radical (unpaired) electrons. The van der Waals surface area contributed by atoms with Crippen LogP contribution >= 0.6 is 0 Å². The van der Waals surface area contributed by atoms with Crippen molar-refractivity contribution in [1.29, 1.82) is 0 Å². The summed E-state index contributed by atoms with van der Waals surface area (Å²) in [5.74, 6) is 1.16. The molecule has 0 N–H and O–H groups in total. The number of fused-ring (bicyclic) bond motifs is 1. The summed E-state index contributed by atoms with van der Waals surface area (Å²) in [5.41, 5.74) is 0. The van der Waals surface area contributed by atoms with Gasteiger partial charge in [0.05, 0.1) is 18.1 Å². The molecule has 0 saturated carbocycles. The number of rotatable bonds is 2. The van der Waals surface area contributed by atoms with Crippen molar-refractivity contribution in [2.45, 2.75) is 43.4 Å². The van der Waals surface area contributed by atoms with Crippen molar-refractivity contribution in [3.05, 3.63) is 18.2 Å². The zero-order valence-corrected chi connectivity index (χ0v) is 13.6. The smallest absolute Gasteiger partial charge is 0.243 e. The lowest BCUT2D eigenvalue weighted by atomic mass is 10.1. The summed E-state index contributed by atoms with van der Waals surface area (Å²) in [6.07, 6.45) is 6.09. The van der Waals surface area contributed by atoms with Gasteiger partial charge in [-0.15, -0.1) is 0 Å². The minimum absolute atomic E-state index is 0.303. The molecule has 2 aliphatic heterocycles. The van der Waals surface area contributed by atoms with Crippen molar-refractivity contribution in [2.75, 3.05) is 26.3 Å². The number of nitrogens with zero attached hydrogens (tertiary/aromatic N) is 1. The average molecular weight is 325 g/mol. The Bertz CT molecular complexity index is 607. The lowest BCUT2D eigenvalue weighted by molar-refractivity contribution is 0.296. The molecule has 0 bridgehead atoms. The first kappa shape index (κ1) is 15.6. The molecule has 2 heterocycles. The van der Waals surface area contributed by atoms with E-state index < -0.39 is 10.0 Å². The molecule has 3 rings (SSSR count). The minimum Gasteiger partial charge on any atom is -0.490 e. The Morgan fingerprint density at radius 3 is 2.18 bits per heavy atom. The van der Waals surface area contributed by atoms with Gasteiger partial charge in [-0.1, -0.05) is 19.3 Å². The zero-order valence-electron chi connectivity index (χ0n) is 12.8. The van der Waals surface area contributed by atoms with E-state index in [2.05, 4.69) is 0 Å². The normalized spacial score (nSPS) is 20.7. The molecule has 0 unspecified atom stereocenters. The Kier molecular flexibility index (Phi) is 4.88. The highest BCUT2D eigenvalue weighted by molar-refractivity contribution is 7.89. The van der Waals surface area contributed by atoms with E-state index in [-0.39, 0.29) is 0 Å². The number of ether oxygens (including phenoxy) is 2. The fraction of sp³-hybridized carbons (Fsp3) is 0.625. The third-order valence-corrected chi connectivity index (χ3v) is 6.07. The molecular weight excluding hydrogens is 302 g/mol. The largest absolute Gasteiger partial charge is 0.490 e. The maximum atomic E-state index is 12.9. The average Bonchev–Trinajstić information content (AvgIpc) is 2.70. The fourth-order valence-electron chi connectivity index (χ4n) is 2.91. The van der Waals surface area contributed by atoms with Crippen LogP contribution in [-0.2, 0) is 10.0 Å². The Balaban J connectivity index is 1.86. The molecule has 0 amide bonds. The van der Waals surface area contributed by atoms with Gasteiger partial charge < -0.3 is 9.47 Å². The molecule has 0 atom stereocenters. The summed E-state index contributed by atoms with van der Waals surface area (Å²) >= 11 is 0. The molecule has 1 fully saturated rings. The highest BCUT2D eigenvalue weighted by atomic mass is 32.2. The Hall–Kier alpha value is -1.27. The van der Waals surface area contributed by atoms with Gasteiger partial charge in [-0.2, -0.15) is 4.31 Å². The van der Waals surface area contributed by atoms with E-state index in [1.54, 1.807) is 22.5 Å². The first-order valence-corrected chi connectivity index (χ1v) is 9.52. The number of hydrogen-bond acceptors (Lipinski definition) is 4. The quantitative estimate of drug-likeness (QED) is 0.839. The molecule has 5 nitrogen and oxygen atoms in total. The summed E-state index contributed by atoms with van der Waals surface area (Å²) in [6, 6.07) is 4.94. The number of benzene rings is 1. The summed E-state index contributed by atoms with van der Waals surface area (Å²) in [5, 5.41) is 0. The van der Waals surface area contributed by atoms with Gasteiger partial charge in [-0.3, -0.25) is 0 Å². The van der Waals surface area contributed by atoms with Crippen molar-refractivity contribution in [2.24, 2.45) is 0 Å². The van der Waals surface area contributed by atoms with Crippen LogP contribution in [0.5, 0.6) is 11.5 Å². The summed E-state index contributed by atoms with van der Waals surface area (Å²) in [6.45, 7) is 2.37. The topological polar surface area (TPSA) is 55.8 Å². The Morgan fingerprint density at radius 2 is 1.45 bits per heavy atom. The Labute approximate surface area is 132 Å². The van der Waals surface area contributed by atoms with Gasteiger partial charge in [0.2, 0.25) is 10.0 Å². The third-order valence-electron chi connectivity index (χ3n) is 4.17. The SMILES string of the molecule is O=S(=O)(c1ccc2c(c1)OCCCO2)N1CCCCCCC1. The zero-order chi connectivity index (χ0) is 15.4. The number of hydrogen-bond donors (Lipinski definition) is 0. The van der Waals surface area contributed by atoms with Gasteiger partial charge in [0, 0.05) is 25.6 Å². The summed E-state index contributed by atoms with van der Waals surface area (Å²) in [7, 11) is -3.45. The van der Waals surface area contributed by atoms with E-state index in [1.807, 2.05) is 0 Å². The number of sulfonamides is 1. The predicted molar refractivity (Wildman–Crippen MR) is 83.9 cm³/mol. The highest BCUT2D eigenvalue weighted by Gasteiger charge is 2.26. The van der Waals surface area contributed by atoms with Gasteiger partial charge in [0.25, 0.3) is 0 Å². The molecule has 22 heavy (non-hydrogen) atoms. The maximum Gasteiger partial charge on any atom is 0.243 e. The van der Waals surface area contributed by atoms with Crippen LogP contribution in [0.25, 0.3) is 0 Å². The van der Waals surface area contributed by atoms with Crippen LogP contribution in [0.15, 0.2) is 23.1 Å². The van der Waals surface area contributed by atoms with Crippen LogP contribution in [0.4, 0.5) is 0 Å². The van der Waals surface area contributed by atoms with Crippen molar-refractivity contribution in [3.8, 4) is 11.5 Å². The molecule has 6 heteroatoms. The fourth-order valence-corrected chi connectivity index (χ4v) is 4.44. The van der Waals surface area contributed by atoms with E-state index in [4.69, 9.17) is 9.47 Å². The van der Waals surface area contributed by atoms with Gasteiger partial charge in [0.1, 0.15) is 0 Å². The highest BCUT2D eigenvalue weighted by Crippen LogP contribution is 2.33. The molecule has 0 spiro atoms. The molecule has 122 valence electrons. The second kappa shape index (κ2) is 6.87. The Morgan fingerprint density at radius 1 is 0.818 bits per heavy atom. The molecule has 1 aromatic rings. The van der Waals surface area contributed by atoms with E-state index >= 15 is 0 Å². The second-order valence-electron chi connectivity index (χ2n) is 5.83. The van der Waals surface area contributed by atoms with Crippen LogP contribution in [0, 0.1) is 0 Å². The van der Waals surface area contributed by atoms with Crippen LogP contribution in [0.2, 0.25) is 0 Å². The molecule has 1 aromatic carbocycles. The summed E-state index contributed by atoms with van der Waals surface area (Å²) in [4.78, 5) is 0.303. The van der Waals surface area contributed by atoms with Crippen LogP contribution in [0.1, 0.15) is 38.5 Å². The molecule has 1 saturated heterocycles. The van der Waals surface area contributed by atoms with E-state index in [0.29, 0.717) is 42.7 Å². The lowest BCUT2D eigenvalue weighted by Crippen LogP contribution is -2.33. The van der Waals surface area contributed by atoms with Crippen molar-refractivity contribution >= 4 is 10.0 Å². The first-order valence-electron chi connectivity index (χ1n) is 8.08. The van der Waals surface area contributed by atoms with Crippen molar-refractivity contribution in [3.63, 3.8) is 0 Å². The third kappa shape index (κ3) is 3.38. The second-order valence-corrected chi connectivity index (χ2v) is 7.77.